The van der Waals surface area contributed by atoms with Gasteiger partial charge in [0.1, 0.15) is 0 Å². The van der Waals surface area contributed by atoms with E-state index in [4.69, 9.17) is 4.74 Å². The van der Waals surface area contributed by atoms with E-state index in [1.165, 1.54) is 16.3 Å². The molecule has 0 radical (unpaired) electrons. The summed E-state index contributed by atoms with van der Waals surface area (Å²) in [5.74, 6) is 0.529. The normalized spacial score (nSPS) is 12.3. The van der Waals surface area contributed by atoms with Crippen LogP contribution in [0.2, 0.25) is 0 Å². The maximum Gasteiger partial charge on any atom is 0.293 e. The third kappa shape index (κ3) is 3.34. The van der Waals surface area contributed by atoms with Crippen LogP contribution in [0.4, 0.5) is 0 Å². The van der Waals surface area contributed by atoms with Gasteiger partial charge in [0.25, 0.3) is 6.47 Å². The highest BCUT2D eigenvalue weighted by molar-refractivity contribution is 5.86. The zero-order valence-electron chi connectivity index (χ0n) is 11.3. The fourth-order valence-corrected chi connectivity index (χ4v) is 2.65. The second kappa shape index (κ2) is 6.93. The van der Waals surface area contributed by atoms with Crippen LogP contribution in [0.5, 0.6) is 0 Å². The standard InChI is InChI=1S/C17H20O2/c1-2-14(9-6-12-19-13-18)16-11-5-8-15-7-3-4-10-17(15)16/h3-5,7-8,10-11,13-14H,2,6,9,12H2,1H3. The number of carbonyl (C=O) groups excluding carboxylic acids is 1. The fraction of sp³-hybridized carbons (Fsp3) is 0.353. The highest BCUT2D eigenvalue weighted by atomic mass is 16.5. The first kappa shape index (κ1) is 13.6. The van der Waals surface area contributed by atoms with Gasteiger partial charge in [-0.1, -0.05) is 49.4 Å². The summed E-state index contributed by atoms with van der Waals surface area (Å²) >= 11 is 0. The van der Waals surface area contributed by atoms with Crippen LogP contribution in [0.3, 0.4) is 0 Å². The topological polar surface area (TPSA) is 26.3 Å². The van der Waals surface area contributed by atoms with Gasteiger partial charge in [-0.15, -0.1) is 0 Å². The SMILES string of the molecule is CCC(CCCOC=O)c1cccc2ccccc12. The Labute approximate surface area is 114 Å². The molecule has 2 heteroatoms. The van der Waals surface area contributed by atoms with Crippen LogP contribution in [0.15, 0.2) is 42.5 Å². The monoisotopic (exact) mass is 256 g/mol. The smallest absolute Gasteiger partial charge is 0.293 e. The number of fused-ring (bicyclic) bond motifs is 1. The zero-order chi connectivity index (χ0) is 13.5. The van der Waals surface area contributed by atoms with Gasteiger partial charge >= 0.3 is 0 Å². The van der Waals surface area contributed by atoms with Crippen molar-refractivity contribution in [2.45, 2.75) is 32.1 Å². The number of benzene rings is 2. The first-order chi connectivity index (χ1) is 9.36. The predicted octanol–water partition coefficient (Wildman–Crippen LogP) is 4.29. The Morgan fingerprint density at radius 3 is 2.74 bits per heavy atom. The molecule has 100 valence electrons. The van der Waals surface area contributed by atoms with Gasteiger partial charge in [-0.25, -0.2) is 0 Å². The van der Waals surface area contributed by atoms with E-state index >= 15 is 0 Å². The van der Waals surface area contributed by atoms with E-state index in [-0.39, 0.29) is 0 Å². The summed E-state index contributed by atoms with van der Waals surface area (Å²) < 4.78 is 4.77. The minimum Gasteiger partial charge on any atom is -0.468 e. The molecule has 19 heavy (non-hydrogen) atoms. The fourth-order valence-electron chi connectivity index (χ4n) is 2.65. The lowest BCUT2D eigenvalue weighted by Crippen LogP contribution is -2.01. The van der Waals surface area contributed by atoms with Gasteiger partial charge in [-0.2, -0.15) is 0 Å². The van der Waals surface area contributed by atoms with Crippen LogP contribution in [0, 0.1) is 0 Å². The first-order valence-corrected chi connectivity index (χ1v) is 6.89. The molecule has 0 spiro atoms. The van der Waals surface area contributed by atoms with E-state index in [1.54, 1.807) is 0 Å². The van der Waals surface area contributed by atoms with Crippen molar-refractivity contribution in [2.24, 2.45) is 0 Å². The van der Waals surface area contributed by atoms with Gasteiger partial charge in [0.15, 0.2) is 0 Å². The largest absolute Gasteiger partial charge is 0.468 e. The maximum atomic E-state index is 10.1. The minimum absolute atomic E-state index is 0.519. The van der Waals surface area contributed by atoms with Crippen LogP contribution >= 0.6 is 0 Å². The van der Waals surface area contributed by atoms with Crippen molar-refractivity contribution in [3.63, 3.8) is 0 Å². The number of hydrogen-bond donors (Lipinski definition) is 0. The molecule has 0 aliphatic rings. The van der Waals surface area contributed by atoms with E-state index in [1.807, 2.05) is 0 Å². The quantitative estimate of drug-likeness (QED) is 0.545. The van der Waals surface area contributed by atoms with Crippen molar-refractivity contribution in [3.05, 3.63) is 48.0 Å². The predicted molar refractivity (Wildman–Crippen MR) is 78.2 cm³/mol. The molecule has 2 aromatic rings. The Morgan fingerprint density at radius 1 is 1.16 bits per heavy atom. The lowest BCUT2D eigenvalue weighted by Gasteiger charge is -2.17. The zero-order valence-corrected chi connectivity index (χ0v) is 11.3. The Kier molecular flexibility index (Phi) is 4.96. The summed E-state index contributed by atoms with van der Waals surface area (Å²) in [6.07, 6.45) is 3.08. The molecule has 2 rings (SSSR count). The van der Waals surface area contributed by atoms with Crippen molar-refractivity contribution < 1.29 is 9.53 Å². The Morgan fingerprint density at radius 2 is 1.95 bits per heavy atom. The number of rotatable bonds is 7. The van der Waals surface area contributed by atoms with Gasteiger partial charge in [-0.3, -0.25) is 4.79 Å². The Bertz CT molecular complexity index is 528. The van der Waals surface area contributed by atoms with E-state index in [2.05, 4.69) is 49.4 Å². The second-order valence-corrected chi connectivity index (χ2v) is 4.78. The minimum atomic E-state index is 0.519. The highest BCUT2D eigenvalue weighted by Gasteiger charge is 2.12. The molecular weight excluding hydrogens is 236 g/mol. The van der Waals surface area contributed by atoms with E-state index in [0.717, 1.165) is 19.3 Å². The van der Waals surface area contributed by atoms with E-state index in [9.17, 15) is 4.79 Å². The third-order valence-corrected chi connectivity index (χ3v) is 3.64. The number of hydrogen-bond acceptors (Lipinski definition) is 2. The molecule has 2 aromatic carbocycles. The second-order valence-electron chi connectivity index (χ2n) is 4.78. The van der Waals surface area contributed by atoms with Gasteiger partial charge in [0.05, 0.1) is 6.61 Å². The molecule has 0 amide bonds. The number of ether oxygens (including phenoxy) is 1. The Balaban J connectivity index is 2.18. The summed E-state index contributed by atoms with van der Waals surface area (Å²) in [5, 5.41) is 2.63. The van der Waals surface area contributed by atoms with Crippen molar-refractivity contribution in [1.29, 1.82) is 0 Å². The van der Waals surface area contributed by atoms with Crippen LogP contribution in [0.1, 0.15) is 37.7 Å². The average molecular weight is 256 g/mol. The molecule has 1 unspecified atom stereocenters. The van der Waals surface area contributed by atoms with Crippen molar-refractivity contribution >= 4 is 17.2 Å². The molecule has 2 nitrogen and oxygen atoms in total. The van der Waals surface area contributed by atoms with E-state index < -0.39 is 0 Å². The molecule has 0 saturated carbocycles. The van der Waals surface area contributed by atoms with E-state index in [0.29, 0.717) is 19.0 Å². The maximum absolute atomic E-state index is 10.1. The molecule has 0 heterocycles. The molecular formula is C17H20O2. The summed E-state index contributed by atoms with van der Waals surface area (Å²) in [5.41, 5.74) is 1.41. The lowest BCUT2D eigenvalue weighted by molar-refractivity contribution is -0.128. The molecule has 0 bridgehead atoms. The molecule has 0 saturated heterocycles. The molecule has 0 aliphatic heterocycles. The molecule has 0 fully saturated rings. The first-order valence-electron chi connectivity index (χ1n) is 6.89. The molecule has 0 aromatic heterocycles. The molecule has 0 aliphatic carbocycles. The van der Waals surface area contributed by atoms with Crippen LogP contribution in [-0.2, 0) is 9.53 Å². The van der Waals surface area contributed by atoms with Gasteiger partial charge < -0.3 is 4.74 Å². The van der Waals surface area contributed by atoms with Crippen LogP contribution in [-0.4, -0.2) is 13.1 Å². The van der Waals surface area contributed by atoms with Crippen molar-refractivity contribution in [1.82, 2.24) is 0 Å². The summed E-state index contributed by atoms with van der Waals surface area (Å²) in [6, 6.07) is 15.0. The van der Waals surface area contributed by atoms with Gasteiger partial charge in [0.2, 0.25) is 0 Å². The average Bonchev–Trinajstić information content (AvgIpc) is 2.47. The third-order valence-electron chi connectivity index (χ3n) is 3.64. The van der Waals surface area contributed by atoms with Crippen LogP contribution in [0.25, 0.3) is 10.8 Å². The number of carbonyl (C=O) groups is 1. The van der Waals surface area contributed by atoms with Crippen LogP contribution < -0.4 is 0 Å². The summed E-state index contributed by atoms with van der Waals surface area (Å²) in [6.45, 7) is 3.26. The molecule has 1 atom stereocenters. The molecule has 0 N–H and O–H groups in total. The van der Waals surface area contributed by atoms with Crippen molar-refractivity contribution in [2.75, 3.05) is 6.61 Å². The highest BCUT2D eigenvalue weighted by Crippen LogP contribution is 2.30. The van der Waals surface area contributed by atoms with Crippen molar-refractivity contribution in [3.8, 4) is 0 Å². The summed E-state index contributed by atoms with van der Waals surface area (Å²) in [7, 11) is 0. The lowest BCUT2D eigenvalue weighted by atomic mass is 9.88. The van der Waals surface area contributed by atoms with Gasteiger partial charge in [-0.05, 0) is 41.5 Å². The summed E-state index contributed by atoms with van der Waals surface area (Å²) in [4.78, 5) is 10.1. The Hall–Kier alpha value is -1.83. The van der Waals surface area contributed by atoms with Gasteiger partial charge in [0, 0.05) is 0 Å².